The monoisotopic (exact) mass is 563 g/mol. The summed E-state index contributed by atoms with van der Waals surface area (Å²) < 4.78 is 44.2. The third-order valence-electron chi connectivity index (χ3n) is 8.11. The number of carbonyl (C=O) groups is 3. The minimum atomic E-state index is -4.56. The molecule has 3 N–H and O–H groups in total. The lowest BCUT2D eigenvalue weighted by Crippen LogP contribution is -2.49. The van der Waals surface area contributed by atoms with Gasteiger partial charge in [0, 0.05) is 12.1 Å². The summed E-state index contributed by atoms with van der Waals surface area (Å²) in [6, 6.07) is -1.25. The molecule has 0 bridgehead atoms. The number of halogens is 3. The van der Waals surface area contributed by atoms with Crippen LogP contribution < -0.4 is 16.0 Å². The lowest BCUT2D eigenvalue weighted by atomic mass is 9.79. The smallest absolute Gasteiger partial charge is 0.338 e. The third kappa shape index (κ3) is 6.04. The minimum Gasteiger partial charge on any atom is -0.338 e. The molecule has 2 aliphatic carbocycles. The molecule has 1 aliphatic heterocycles. The zero-order valence-corrected chi connectivity index (χ0v) is 22.2. The average Bonchev–Trinajstić information content (AvgIpc) is 3.49. The van der Waals surface area contributed by atoms with E-state index >= 15 is 0 Å². The van der Waals surface area contributed by atoms with Crippen molar-refractivity contribution in [3.05, 3.63) is 35.3 Å². The van der Waals surface area contributed by atoms with E-state index in [1.807, 2.05) is 5.32 Å². The molecule has 3 atom stereocenters. The van der Waals surface area contributed by atoms with Gasteiger partial charge in [-0.05, 0) is 67.3 Å². The molecule has 3 aliphatic rings. The minimum absolute atomic E-state index is 0.0828. The molecule has 40 heavy (non-hydrogen) atoms. The predicted molar refractivity (Wildman–Crippen MR) is 135 cm³/mol. The van der Waals surface area contributed by atoms with Crippen LogP contribution in [0.5, 0.6) is 0 Å². The van der Waals surface area contributed by atoms with Crippen LogP contribution in [0.1, 0.15) is 86.1 Å². The van der Waals surface area contributed by atoms with Crippen LogP contribution in [0.15, 0.2) is 23.0 Å². The largest absolute Gasteiger partial charge is 0.410 e. The molecule has 0 aromatic carbocycles. The Kier molecular flexibility index (Phi) is 7.69. The topological polar surface area (TPSA) is 142 Å². The summed E-state index contributed by atoms with van der Waals surface area (Å²) in [6.45, 7) is 3.23. The number of aromatic nitrogens is 3. The number of alkyl halides is 3. The van der Waals surface area contributed by atoms with Gasteiger partial charge in [-0.25, -0.2) is 14.4 Å². The highest BCUT2D eigenvalue weighted by atomic mass is 19.4. The number of nitrogens with one attached hydrogen (secondary N) is 3. The Balaban J connectivity index is 1.31. The maximum absolute atomic E-state index is 13.5. The second-order valence-electron chi connectivity index (χ2n) is 11.1. The fourth-order valence-corrected chi connectivity index (χ4v) is 5.44. The third-order valence-corrected chi connectivity index (χ3v) is 8.11. The Bertz CT molecular complexity index is 1260. The molecule has 1 saturated heterocycles. The molecule has 216 valence electrons. The molecule has 5 rings (SSSR count). The number of carbonyl (C=O) groups excluding carboxylic acids is 3. The first-order valence-electron chi connectivity index (χ1n) is 13.5. The van der Waals surface area contributed by atoms with Crippen LogP contribution in [0.25, 0.3) is 0 Å². The number of hydrogen-bond acceptors (Lipinski definition) is 7. The van der Waals surface area contributed by atoms with Crippen LogP contribution in [0.2, 0.25) is 0 Å². The van der Waals surface area contributed by atoms with Gasteiger partial charge in [-0.3, -0.25) is 9.59 Å². The summed E-state index contributed by atoms with van der Waals surface area (Å²) in [6.07, 6.45) is 2.00. The standard InChI is InChI=1S/C26H32F3N7O4/c1-13-3-5-16(6-4-13)21(33-24(38)22-20(15-7-8-15)34-40-35-22)23(37)32-19-11-17(9-10-30-19)14(2)36-12-18(26(27,28)29)31-25(36)39/h9-11,13-16,18,21H,3-8,12H2,1-2H3,(H,31,39)(H,33,38)(H,30,32,37)/t13?,14-,16?,18+,21+/m1/s1. The second-order valence-corrected chi connectivity index (χ2v) is 11.1. The number of urea groups is 1. The number of rotatable bonds is 8. The molecule has 11 nitrogen and oxygen atoms in total. The van der Waals surface area contributed by atoms with Crippen LogP contribution in [0.4, 0.5) is 23.8 Å². The highest BCUT2D eigenvalue weighted by Gasteiger charge is 2.48. The van der Waals surface area contributed by atoms with Crippen LogP contribution in [-0.4, -0.2) is 62.8 Å². The van der Waals surface area contributed by atoms with Crippen molar-refractivity contribution in [3.63, 3.8) is 0 Å². The van der Waals surface area contributed by atoms with E-state index in [2.05, 4.69) is 32.9 Å². The van der Waals surface area contributed by atoms with Crippen molar-refractivity contribution in [2.24, 2.45) is 11.8 Å². The number of anilines is 1. The number of amides is 4. The Morgan fingerprint density at radius 3 is 2.52 bits per heavy atom. The first-order chi connectivity index (χ1) is 19.0. The summed E-state index contributed by atoms with van der Waals surface area (Å²) in [5, 5.41) is 15.2. The second kappa shape index (κ2) is 11.0. The molecule has 0 unspecified atom stereocenters. The number of pyridine rings is 1. The molecule has 14 heteroatoms. The molecule has 3 heterocycles. The van der Waals surface area contributed by atoms with Crippen molar-refractivity contribution in [3.8, 4) is 0 Å². The first kappa shape index (κ1) is 27.8. The van der Waals surface area contributed by atoms with Crippen molar-refractivity contribution >= 4 is 23.7 Å². The van der Waals surface area contributed by atoms with Crippen LogP contribution >= 0.6 is 0 Å². The fraction of sp³-hybridized carbons (Fsp3) is 0.615. The maximum atomic E-state index is 13.5. The molecule has 3 fully saturated rings. The van der Waals surface area contributed by atoms with Gasteiger partial charge < -0.3 is 20.9 Å². The molecule has 4 amide bonds. The zero-order chi connectivity index (χ0) is 28.6. The van der Waals surface area contributed by atoms with E-state index in [0.717, 1.165) is 43.4 Å². The first-order valence-corrected chi connectivity index (χ1v) is 13.5. The van der Waals surface area contributed by atoms with Gasteiger partial charge >= 0.3 is 12.2 Å². The Morgan fingerprint density at radius 1 is 1.15 bits per heavy atom. The van der Waals surface area contributed by atoms with Crippen molar-refractivity contribution in [2.75, 3.05) is 11.9 Å². The number of nitrogens with zero attached hydrogens (tertiary/aromatic N) is 4. The van der Waals surface area contributed by atoms with E-state index in [9.17, 15) is 27.6 Å². The van der Waals surface area contributed by atoms with Crippen LogP contribution in [0.3, 0.4) is 0 Å². The number of hydrogen-bond donors (Lipinski definition) is 3. The van der Waals surface area contributed by atoms with Crippen LogP contribution in [0, 0.1) is 11.8 Å². The highest BCUT2D eigenvalue weighted by molar-refractivity contribution is 6.00. The van der Waals surface area contributed by atoms with E-state index in [-0.39, 0.29) is 23.3 Å². The van der Waals surface area contributed by atoms with E-state index in [1.54, 1.807) is 13.0 Å². The van der Waals surface area contributed by atoms with Crippen LogP contribution in [-0.2, 0) is 4.79 Å². The van der Waals surface area contributed by atoms with Crippen molar-refractivity contribution < 1.29 is 32.2 Å². The van der Waals surface area contributed by atoms with Gasteiger partial charge in [-0.1, -0.05) is 24.9 Å². The van der Waals surface area contributed by atoms with Gasteiger partial charge in [0.25, 0.3) is 5.91 Å². The summed E-state index contributed by atoms with van der Waals surface area (Å²) in [4.78, 5) is 44.2. The fourth-order valence-electron chi connectivity index (χ4n) is 5.44. The van der Waals surface area contributed by atoms with E-state index in [0.29, 0.717) is 17.2 Å². The van der Waals surface area contributed by atoms with Gasteiger partial charge in [0.1, 0.15) is 23.6 Å². The molecular weight excluding hydrogens is 531 g/mol. The SMILES string of the molecule is CC1CCC([C@H](NC(=O)c2nonc2C2CC2)C(=O)Nc2cc([C@@H](C)N3C[C@@H](C(F)(F)F)NC3=O)ccn2)CC1. The van der Waals surface area contributed by atoms with E-state index in [4.69, 9.17) is 4.63 Å². The van der Waals surface area contributed by atoms with E-state index in [1.165, 1.54) is 12.3 Å². The Hall–Kier alpha value is -3.71. The lowest BCUT2D eigenvalue weighted by molar-refractivity contribution is -0.150. The Morgan fingerprint density at radius 2 is 1.88 bits per heavy atom. The molecular formula is C26H32F3N7O4. The quantitative estimate of drug-likeness (QED) is 0.442. The van der Waals surface area contributed by atoms with Crippen molar-refractivity contribution in [1.29, 1.82) is 0 Å². The van der Waals surface area contributed by atoms with Gasteiger partial charge in [0.2, 0.25) is 5.91 Å². The molecule has 2 aromatic heterocycles. The molecule has 0 radical (unpaired) electrons. The summed E-state index contributed by atoms with van der Waals surface area (Å²) in [7, 11) is 0. The Labute approximate surface area is 228 Å². The van der Waals surface area contributed by atoms with Gasteiger partial charge in [-0.2, -0.15) is 13.2 Å². The molecule has 2 aromatic rings. The van der Waals surface area contributed by atoms with Gasteiger partial charge in [0.05, 0.1) is 12.6 Å². The zero-order valence-electron chi connectivity index (χ0n) is 22.2. The van der Waals surface area contributed by atoms with E-state index < -0.39 is 48.7 Å². The lowest BCUT2D eigenvalue weighted by Gasteiger charge is -2.32. The normalized spacial score (nSPS) is 24.8. The molecule has 2 saturated carbocycles. The predicted octanol–water partition coefficient (Wildman–Crippen LogP) is 3.92. The average molecular weight is 564 g/mol. The van der Waals surface area contributed by atoms with Crippen molar-refractivity contribution in [2.45, 2.75) is 82.6 Å². The maximum Gasteiger partial charge on any atom is 0.410 e. The molecule has 0 spiro atoms. The highest BCUT2D eigenvalue weighted by Crippen LogP contribution is 2.40. The van der Waals surface area contributed by atoms with Gasteiger partial charge in [0.15, 0.2) is 5.69 Å². The summed E-state index contributed by atoms with van der Waals surface area (Å²) in [5.41, 5.74) is 1.08. The van der Waals surface area contributed by atoms with Gasteiger partial charge in [-0.15, -0.1) is 0 Å². The summed E-state index contributed by atoms with van der Waals surface area (Å²) >= 11 is 0. The van der Waals surface area contributed by atoms with Crippen molar-refractivity contribution in [1.82, 2.24) is 30.8 Å². The summed E-state index contributed by atoms with van der Waals surface area (Å²) in [5.74, 6) is -0.294.